The third kappa shape index (κ3) is 4.35. The van der Waals surface area contributed by atoms with Crippen LogP contribution in [0.5, 0.6) is 0 Å². The smallest absolute Gasteiger partial charge is 0.360 e. The lowest BCUT2D eigenvalue weighted by molar-refractivity contribution is 0.0519. The third-order valence-corrected chi connectivity index (χ3v) is 5.10. The third-order valence-electron chi connectivity index (χ3n) is 3.70. The Hall–Kier alpha value is -3.13. The Bertz CT molecular complexity index is 1040. The number of aromatic nitrogens is 1. The molecule has 8 heteroatoms. The Morgan fingerprint density at radius 2 is 1.78 bits per heavy atom. The van der Waals surface area contributed by atoms with Crippen LogP contribution in [0.2, 0.25) is 0 Å². The second kappa shape index (κ2) is 7.63. The number of carbonyl (C=O) groups is 1. The second-order valence-corrected chi connectivity index (χ2v) is 7.44. The lowest BCUT2D eigenvalue weighted by Gasteiger charge is -2.08. The normalized spacial score (nSPS) is 11.2. The molecule has 0 unspecified atom stereocenters. The summed E-state index contributed by atoms with van der Waals surface area (Å²) < 4.78 is 37.5. The number of nitrogens with zero attached hydrogens (tertiary/aromatic N) is 1. The average molecular weight is 386 g/mol. The van der Waals surface area contributed by atoms with E-state index in [0.29, 0.717) is 11.3 Å². The van der Waals surface area contributed by atoms with Gasteiger partial charge in [0, 0.05) is 11.3 Å². The van der Waals surface area contributed by atoms with Crippen molar-refractivity contribution in [2.24, 2.45) is 0 Å². The standard InChI is InChI=1S/C19H18N2O5S/c1-3-25-19(22)17-12-26-18(20-17)14-6-8-15(9-7-14)21-27(23,24)16-10-4-13(2)5-11-16/h4-12,21H,3H2,1-2H3. The molecule has 0 saturated heterocycles. The minimum absolute atomic E-state index is 0.0796. The molecule has 1 aromatic heterocycles. The summed E-state index contributed by atoms with van der Waals surface area (Å²) in [6, 6.07) is 13.1. The number of hydrogen-bond acceptors (Lipinski definition) is 6. The van der Waals surface area contributed by atoms with E-state index < -0.39 is 16.0 Å². The predicted octanol–water partition coefficient (Wildman–Crippen LogP) is 3.63. The SMILES string of the molecule is CCOC(=O)c1coc(-c2ccc(NS(=O)(=O)c3ccc(C)cc3)cc2)n1. The summed E-state index contributed by atoms with van der Waals surface area (Å²) in [5.74, 6) is -0.319. The molecule has 0 aliphatic heterocycles. The molecule has 0 amide bonds. The van der Waals surface area contributed by atoms with Crippen molar-refractivity contribution in [2.75, 3.05) is 11.3 Å². The largest absolute Gasteiger partial charge is 0.461 e. The Labute approximate surface area is 157 Å². The fourth-order valence-electron chi connectivity index (χ4n) is 2.32. The summed E-state index contributed by atoms with van der Waals surface area (Å²) >= 11 is 0. The van der Waals surface area contributed by atoms with Crippen molar-refractivity contribution < 1.29 is 22.4 Å². The van der Waals surface area contributed by atoms with E-state index in [1.54, 1.807) is 55.5 Å². The molecule has 1 heterocycles. The maximum absolute atomic E-state index is 12.4. The number of benzene rings is 2. The molecule has 0 atom stereocenters. The highest BCUT2D eigenvalue weighted by Gasteiger charge is 2.16. The Kier molecular flexibility index (Phi) is 5.27. The minimum atomic E-state index is -3.67. The molecule has 0 saturated carbocycles. The summed E-state index contributed by atoms with van der Waals surface area (Å²) in [5.41, 5.74) is 2.06. The number of sulfonamides is 1. The summed E-state index contributed by atoms with van der Waals surface area (Å²) in [4.78, 5) is 15.9. The van der Waals surface area contributed by atoms with E-state index >= 15 is 0 Å². The van der Waals surface area contributed by atoms with Crippen molar-refractivity contribution >= 4 is 21.7 Å². The van der Waals surface area contributed by atoms with Gasteiger partial charge in [-0.15, -0.1) is 0 Å². The van der Waals surface area contributed by atoms with Crippen LogP contribution in [0.4, 0.5) is 5.69 Å². The van der Waals surface area contributed by atoms with E-state index in [1.807, 2.05) is 6.92 Å². The molecule has 140 valence electrons. The van der Waals surface area contributed by atoms with Gasteiger partial charge in [0.1, 0.15) is 6.26 Å². The number of oxazole rings is 1. The van der Waals surface area contributed by atoms with Crippen LogP contribution >= 0.6 is 0 Å². The van der Waals surface area contributed by atoms with Crippen molar-refractivity contribution in [3.8, 4) is 11.5 Å². The van der Waals surface area contributed by atoms with Gasteiger partial charge < -0.3 is 9.15 Å². The molecule has 0 aliphatic carbocycles. The monoisotopic (exact) mass is 386 g/mol. The van der Waals surface area contributed by atoms with Crippen molar-refractivity contribution in [1.82, 2.24) is 4.98 Å². The number of nitrogens with one attached hydrogen (secondary N) is 1. The van der Waals surface area contributed by atoms with Gasteiger partial charge in [-0.2, -0.15) is 0 Å². The highest BCUT2D eigenvalue weighted by molar-refractivity contribution is 7.92. The first-order chi connectivity index (χ1) is 12.9. The van der Waals surface area contributed by atoms with Gasteiger partial charge in [0.2, 0.25) is 5.89 Å². The topological polar surface area (TPSA) is 98.5 Å². The van der Waals surface area contributed by atoms with Crippen LogP contribution in [0.25, 0.3) is 11.5 Å². The zero-order valence-corrected chi connectivity index (χ0v) is 15.6. The van der Waals surface area contributed by atoms with E-state index in [0.717, 1.165) is 5.56 Å². The zero-order valence-electron chi connectivity index (χ0n) is 14.8. The van der Waals surface area contributed by atoms with Gasteiger partial charge in [0.05, 0.1) is 11.5 Å². The maximum Gasteiger partial charge on any atom is 0.360 e. The molecule has 7 nitrogen and oxygen atoms in total. The lowest BCUT2D eigenvalue weighted by atomic mass is 10.2. The van der Waals surface area contributed by atoms with Gasteiger partial charge in [-0.1, -0.05) is 17.7 Å². The fraction of sp³-hybridized carbons (Fsp3) is 0.158. The van der Waals surface area contributed by atoms with Crippen molar-refractivity contribution in [3.63, 3.8) is 0 Å². The van der Waals surface area contributed by atoms with E-state index in [9.17, 15) is 13.2 Å². The Balaban J connectivity index is 1.75. The molecule has 2 aromatic carbocycles. The van der Waals surface area contributed by atoms with Crippen LogP contribution < -0.4 is 4.72 Å². The predicted molar refractivity (Wildman–Crippen MR) is 99.9 cm³/mol. The van der Waals surface area contributed by atoms with E-state index in [2.05, 4.69) is 9.71 Å². The molecule has 3 rings (SSSR count). The van der Waals surface area contributed by atoms with Crippen molar-refractivity contribution in [1.29, 1.82) is 0 Å². The highest BCUT2D eigenvalue weighted by atomic mass is 32.2. The van der Waals surface area contributed by atoms with Gasteiger partial charge in [0.15, 0.2) is 5.69 Å². The van der Waals surface area contributed by atoms with Gasteiger partial charge in [0.25, 0.3) is 10.0 Å². The van der Waals surface area contributed by atoms with Crippen LogP contribution in [0.1, 0.15) is 23.0 Å². The Morgan fingerprint density at radius 1 is 1.11 bits per heavy atom. The molecular weight excluding hydrogens is 368 g/mol. The van der Waals surface area contributed by atoms with Crippen LogP contribution in [0.15, 0.2) is 64.1 Å². The number of rotatable bonds is 6. The quantitative estimate of drug-likeness (QED) is 0.650. The summed E-state index contributed by atoms with van der Waals surface area (Å²) in [6.07, 6.45) is 1.22. The molecule has 0 aliphatic rings. The number of aryl methyl sites for hydroxylation is 1. The van der Waals surface area contributed by atoms with Crippen LogP contribution in [0.3, 0.4) is 0 Å². The summed E-state index contributed by atoms with van der Waals surface area (Å²) in [6.45, 7) is 3.84. The first-order valence-electron chi connectivity index (χ1n) is 8.21. The molecule has 3 aromatic rings. The molecule has 27 heavy (non-hydrogen) atoms. The summed E-state index contributed by atoms with van der Waals surface area (Å²) in [5, 5.41) is 0. The second-order valence-electron chi connectivity index (χ2n) is 5.75. The van der Waals surface area contributed by atoms with Gasteiger partial charge in [-0.3, -0.25) is 4.72 Å². The first kappa shape index (κ1) is 18.7. The number of anilines is 1. The molecule has 0 radical (unpaired) electrons. The molecule has 0 fully saturated rings. The van der Waals surface area contributed by atoms with Crippen molar-refractivity contribution in [3.05, 3.63) is 66.1 Å². The van der Waals surface area contributed by atoms with E-state index in [-0.39, 0.29) is 23.1 Å². The van der Waals surface area contributed by atoms with Crippen LogP contribution in [-0.4, -0.2) is 26.0 Å². The van der Waals surface area contributed by atoms with Gasteiger partial charge in [-0.25, -0.2) is 18.2 Å². The molecule has 0 spiro atoms. The molecule has 0 bridgehead atoms. The molecule has 1 N–H and O–H groups in total. The Morgan fingerprint density at radius 3 is 2.41 bits per heavy atom. The van der Waals surface area contributed by atoms with Crippen molar-refractivity contribution in [2.45, 2.75) is 18.7 Å². The molecular formula is C19H18N2O5S. The van der Waals surface area contributed by atoms with Crippen LogP contribution in [-0.2, 0) is 14.8 Å². The summed E-state index contributed by atoms with van der Waals surface area (Å²) in [7, 11) is -3.67. The fourth-order valence-corrected chi connectivity index (χ4v) is 3.38. The number of carbonyl (C=O) groups excluding carboxylic acids is 1. The minimum Gasteiger partial charge on any atom is -0.461 e. The zero-order chi connectivity index (χ0) is 19.4. The van der Waals surface area contributed by atoms with Gasteiger partial charge in [-0.05, 0) is 50.2 Å². The van der Waals surface area contributed by atoms with Gasteiger partial charge >= 0.3 is 5.97 Å². The number of ether oxygens (including phenoxy) is 1. The van der Waals surface area contributed by atoms with Crippen LogP contribution in [0, 0.1) is 6.92 Å². The van der Waals surface area contributed by atoms with E-state index in [1.165, 1.54) is 6.26 Å². The van der Waals surface area contributed by atoms with E-state index in [4.69, 9.17) is 9.15 Å². The highest BCUT2D eigenvalue weighted by Crippen LogP contribution is 2.23. The average Bonchev–Trinajstić information content (AvgIpc) is 3.13. The number of esters is 1. The number of hydrogen-bond donors (Lipinski definition) is 1. The first-order valence-corrected chi connectivity index (χ1v) is 9.70. The maximum atomic E-state index is 12.4. The lowest BCUT2D eigenvalue weighted by Crippen LogP contribution is -2.12.